The number of benzene rings is 1. The number of halogens is 1. The molecule has 224 valence electrons. The average molecular weight is 577 g/mol. The number of amides is 1. The number of aromatic nitrogens is 1. The fraction of sp³-hybridized carbons (Fsp3) is 0.517. The highest BCUT2D eigenvalue weighted by Crippen LogP contribution is 2.30. The standard InChI is InChI=1S/C29H37FN2O9/c1-17(2)13-38-26-18(3)41-29(35)23(15-37-14-21(26)12-20-6-8-22(30)9-7-20)32-28(34)25-27(40-16-39-19(4)33)24(36-5)10-11-31-25/h6-11,17-18,21,23,26H,12-16H2,1-5H3,(H,32,34). The Balaban J connectivity index is 1.79. The molecule has 1 amide bonds. The zero-order chi connectivity index (χ0) is 29.9. The number of rotatable bonds is 11. The van der Waals surface area contributed by atoms with Crippen molar-refractivity contribution in [3.63, 3.8) is 0 Å². The molecule has 1 aromatic carbocycles. The van der Waals surface area contributed by atoms with Crippen LogP contribution in [0.15, 0.2) is 36.5 Å². The van der Waals surface area contributed by atoms with Crippen LogP contribution in [0.4, 0.5) is 4.39 Å². The lowest BCUT2D eigenvalue weighted by Gasteiger charge is -2.31. The third-order valence-corrected chi connectivity index (χ3v) is 6.24. The molecule has 0 bridgehead atoms. The topological polar surface area (TPSA) is 132 Å². The van der Waals surface area contributed by atoms with E-state index in [2.05, 4.69) is 10.3 Å². The summed E-state index contributed by atoms with van der Waals surface area (Å²) in [5.74, 6) is -2.26. The number of carbonyl (C=O) groups excluding carboxylic acids is 3. The minimum Gasteiger partial charge on any atom is -0.493 e. The zero-order valence-corrected chi connectivity index (χ0v) is 23.9. The predicted octanol–water partition coefficient (Wildman–Crippen LogP) is 3.09. The second kappa shape index (κ2) is 15.3. The molecule has 3 rings (SSSR count). The maximum atomic E-state index is 13.5. The number of nitrogens with one attached hydrogen (secondary N) is 1. The van der Waals surface area contributed by atoms with Crippen LogP contribution in [0.5, 0.6) is 11.5 Å². The van der Waals surface area contributed by atoms with E-state index < -0.39 is 42.9 Å². The van der Waals surface area contributed by atoms with Gasteiger partial charge in [-0.05, 0) is 37.0 Å². The number of methoxy groups -OCH3 is 1. The summed E-state index contributed by atoms with van der Waals surface area (Å²) >= 11 is 0. The monoisotopic (exact) mass is 576 g/mol. The lowest BCUT2D eigenvalue weighted by atomic mass is 9.91. The molecule has 12 heteroatoms. The molecule has 1 saturated heterocycles. The Labute approximate surface area is 238 Å². The van der Waals surface area contributed by atoms with Crippen LogP contribution in [-0.2, 0) is 35.0 Å². The molecule has 1 aliphatic rings. The van der Waals surface area contributed by atoms with Gasteiger partial charge in [-0.2, -0.15) is 0 Å². The Hall–Kier alpha value is -3.77. The van der Waals surface area contributed by atoms with Gasteiger partial charge in [0.05, 0.1) is 26.4 Å². The normalized spacial score (nSPS) is 21.2. The van der Waals surface area contributed by atoms with E-state index in [1.54, 1.807) is 19.1 Å². The Morgan fingerprint density at radius 3 is 2.56 bits per heavy atom. The number of hydrogen-bond donors (Lipinski definition) is 1. The molecular formula is C29H37FN2O9. The van der Waals surface area contributed by atoms with Crippen molar-refractivity contribution in [3.05, 3.63) is 53.6 Å². The molecule has 4 unspecified atom stereocenters. The molecule has 1 aliphatic heterocycles. The summed E-state index contributed by atoms with van der Waals surface area (Å²) in [4.78, 5) is 41.7. The molecule has 0 spiro atoms. The van der Waals surface area contributed by atoms with Gasteiger partial charge in [-0.25, -0.2) is 14.2 Å². The highest BCUT2D eigenvalue weighted by molar-refractivity contribution is 5.98. The van der Waals surface area contributed by atoms with Gasteiger partial charge >= 0.3 is 11.9 Å². The van der Waals surface area contributed by atoms with Gasteiger partial charge in [0, 0.05) is 31.7 Å². The maximum Gasteiger partial charge on any atom is 0.331 e. The van der Waals surface area contributed by atoms with Crippen LogP contribution < -0.4 is 14.8 Å². The first-order valence-electron chi connectivity index (χ1n) is 13.3. The third-order valence-electron chi connectivity index (χ3n) is 6.24. The van der Waals surface area contributed by atoms with Crippen molar-refractivity contribution >= 4 is 17.8 Å². The SMILES string of the molecule is COc1ccnc(C(=O)NC2COCC(Cc3ccc(F)cc3)C(OCC(C)C)C(C)OC2=O)c1OCOC(C)=O. The van der Waals surface area contributed by atoms with E-state index in [4.69, 9.17) is 28.4 Å². The Morgan fingerprint density at radius 1 is 1.17 bits per heavy atom. The number of cyclic esters (lactones) is 1. The third kappa shape index (κ3) is 9.39. The maximum absolute atomic E-state index is 13.5. The van der Waals surface area contributed by atoms with Gasteiger partial charge in [0.15, 0.2) is 23.2 Å². The molecule has 4 atom stereocenters. The summed E-state index contributed by atoms with van der Waals surface area (Å²) < 4.78 is 46.9. The predicted molar refractivity (Wildman–Crippen MR) is 144 cm³/mol. The van der Waals surface area contributed by atoms with Gasteiger partial charge < -0.3 is 33.7 Å². The lowest BCUT2D eigenvalue weighted by molar-refractivity contribution is -0.161. The van der Waals surface area contributed by atoms with Gasteiger partial charge in [0.1, 0.15) is 11.9 Å². The molecule has 0 radical (unpaired) electrons. The molecule has 0 aliphatic carbocycles. The summed E-state index contributed by atoms with van der Waals surface area (Å²) in [6, 6.07) is 6.47. The van der Waals surface area contributed by atoms with Crippen molar-refractivity contribution in [2.45, 2.75) is 52.4 Å². The van der Waals surface area contributed by atoms with Crippen LogP contribution in [0.2, 0.25) is 0 Å². The van der Waals surface area contributed by atoms with Crippen LogP contribution in [0.3, 0.4) is 0 Å². The largest absolute Gasteiger partial charge is 0.493 e. The van der Waals surface area contributed by atoms with Gasteiger partial charge in [0.2, 0.25) is 6.79 Å². The van der Waals surface area contributed by atoms with E-state index >= 15 is 0 Å². The van der Waals surface area contributed by atoms with Crippen LogP contribution in [0, 0.1) is 17.7 Å². The molecule has 0 saturated carbocycles. The summed E-state index contributed by atoms with van der Waals surface area (Å²) in [7, 11) is 1.38. The van der Waals surface area contributed by atoms with Crippen molar-refractivity contribution in [3.8, 4) is 11.5 Å². The van der Waals surface area contributed by atoms with Crippen molar-refractivity contribution in [1.82, 2.24) is 10.3 Å². The molecule has 41 heavy (non-hydrogen) atoms. The number of nitrogens with zero attached hydrogens (tertiary/aromatic N) is 1. The van der Waals surface area contributed by atoms with E-state index in [1.165, 1.54) is 38.4 Å². The van der Waals surface area contributed by atoms with Gasteiger partial charge in [-0.3, -0.25) is 9.59 Å². The van der Waals surface area contributed by atoms with Crippen LogP contribution in [0.25, 0.3) is 0 Å². The van der Waals surface area contributed by atoms with Crippen molar-refractivity contribution in [2.75, 3.05) is 33.7 Å². The average Bonchev–Trinajstić information content (AvgIpc) is 2.97. The minimum atomic E-state index is -1.17. The first-order chi connectivity index (χ1) is 19.6. The minimum absolute atomic E-state index is 0.0685. The summed E-state index contributed by atoms with van der Waals surface area (Å²) in [6.45, 7) is 6.95. The van der Waals surface area contributed by atoms with Crippen LogP contribution in [-0.4, -0.2) is 74.8 Å². The Bertz CT molecular complexity index is 1180. The molecule has 1 fully saturated rings. The zero-order valence-electron chi connectivity index (χ0n) is 23.9. The van der Waals surface area contributed by atoms with Crippen LogP contribution in [0.1, 0.15) is 43.7 Å². The number of esters is 2. The van der Waals surface area contributed by atoms with Gasteiger partial charge in [0.25, 0.3) is 5.91 Å². The van der Waals surface area contributed by atoms with Crippen molar-refractivity contribution < 1.29 is 47.2 Å². The van der Waals surface area contributed by atoms with E-state index in [-0.39, 0.29) is 48.1 Å². The Kier molecular flexibility index (Phi) is 11.8. The molecule has 1 N–H and O–H groups in total. The van der Waals surface area contributed by atoms with E-state index in [0.29, 0.717) is 13.0 Å². The number of pyridine rings is 1. The summed E-state index contributed by atoms with van der Waals surface area (Å²) in [5.41, 5.74) is 0.690. The second-order valence-corrected chi connectivity index (χ2v) is 10.1. The van der Waals surface area contributed by atoms with E-state index in [1.807, 2.05) is 13.8 Å². The molecule has 11 nitrogen and oxygen atoms in total. The smallest absolute Gasteiger partial charge is 0.331 e. The molecule has 2 heterocycles. The van der Waals surface area contributed by atoms with E-state index in [0.717, 1.165) is 5.56 Å². The highest BCUT2D eigenvalue weighted by atomic mass is 19.1. The molecule has 2 aromatic rings. The van der Waals surface area contributed by atoms with Crippen molar-refractivity contribution in [2.24, 2.45) is 11.8 Å². The summed E-state index contributed by atoms with van der Waals surface area (Å²) in [5, 5.41) is 2.60. The molecular weight excluding hydrogens is 539 g/mol. The number of ether oxygens (including phenoxy) is 6. The quantitative estimate of drug-likeness (QED) is 0.314. The van der Waals surface area contributed by atoms with Crippen molar-refractivity contribution in [1.29, 1.82) is 0 Å². The lowest BCUT2D eigenvalue weighted by Crippen LogP contribution is -2.46. The van der Waals surface area contributed by atoms with Gasteiger partial charge in [-0.1, -0.05) is 26.0 Å². The first kappa shape index (κ1) is 31.8. The number of hydrogen-bond acceptors (Lipinski definition) is 10. The summed E-state index contributed by atoms with van der Waals surface area (Å²) in [6.07, 6.45) is 0.648. The fourth-order valence-corrected chi connectivity index (χ4v) is 4.28. The first-order valence-corrected chi connectivity index (χ1v) is 13.3. The Morgan fingerprint density at radius 2 is 1.90 bits per heavy atom. The second-order valence-electron chi connectivity index (χ2n) is 10.1. The van der Waals surface area contributed by atoms with E-state index in [9.17, 15) is 18.8 Å². The number of carbonyl (C=O) groups is 3. The fourth-order valence-electron chi connectivity index (χ4n) is 4.28. The van der Waals surface area contributed by atoms with Crippen LogP contribution >= 0.6 is 0 Å². The molecule has 1 aromatic heterocycles. The van der Waals surface area contributed by atoms with Gasteiger partial charge in [-0.15, -0.1) is 0 Å². The highest BCUT2D eigenvalue weighted by Gasteiger charge is 2.36.